The molecule has 44 heavy (non-hydrogen) atoms. The van der Waals surface area contributed by atoms with Gasteiger partial charge in [-0.05, 0) is 87.9 Å². The molecule has 0 aliphatic heterocycles. The summed E-state index contributed by atoms with van der Waals surface area (Å²) in [5.74, 6) is -12.3. The van der Waals surface area contributed by atoms with E-state index >= 15 is 0 Å². The maximum Gasteiger partial charge on any atom is 0.312 e. The number of primary amides is 1. The van der Waals surface area contributed by atoms with Crippen LogP contribution in [0.25, 0.3) is 0 Å². The Morgan fingerprint density at radius 1 is 0.977 bits per heavy atom. The van der Waals surface area contributed by atoms with Gasteiger partial charge in [-0.3, -0.25) is 33.7 Å². The van der Waals surface area contributed by atoms with Gasteiger partial charge in [0.05, 0.1) is 28.9 Å². The fraction of sp³-hybridized carbons (Fsp3) is 0.636. The lowest BCUT2D eigenvalue weighted by Crippen LogP contribution is -2.78. The number of ketones is 4. The molecule has 7 aliphatic carbocycles. The number of ether oxygens (including phenoxy) is 1. The summed E-state index contributed by atoms with van der Waals surface area (Å²) in [5.41, 5.74) is 2.04. The molecular formula is C33H38N2O9. The first kappa shape index (κ1) is 29.3. The zero-order valence-electron chi connectivity index (χ0n) is 25.0. The summed E-state index contributed by atoms with van der Waals surface area (Å²) in [6, 6.07) is 3.14. The van der Waals surface area contributed by atoms with E-state index in [0.717, 1.165) is 19.3 Å². The predicted molar refractivity (Wildman–Crippen MR) is 152 cm³/mol. The van der Waals surface area contributed by atoms with Crippen LogP contribution >= 0.6 is 0 Å². The number of fused-ring (bicyclic) bond motifs is 3. The van der Waals surface area contributed by atoms with Crippen LogP contribution in [0.2, 0.25) is 0 Å². The zero-order valence-corrected chi connectivity index (χ0v) is 25.0. The van der Waals surface area contributed by atoms with Crippen LogP contribution in [0.15, 0.2) is 18.2 Å². The number of nitrogens with zero attached hydrogens (tertiary/aromatic N) is 1. The lowest BCUT2D eigenvalue weighted by molar-refractivity contribution is -0.214. The number of benzene rings is 1. The van der Waals surface area contributed by atoms with E-state index in [9.17, 15) is 39.0 Å². The lowest BCUT2D eigenvalue weighted by Gasteiger charge is -2.58. The highest BCUT2D eigenvalue weighted by atomic mass is 16.5. The number of Topliss-reactive ketones (excluding diaryl/α,β-unsaturated/α-hetero) is 4. The molecule has 0 saturated heterocycles. The van der Waals surface area contributed by atoms with Gasteiger partial charge in [0.15, 0.2) is 34.7 Å². The minimum atomic E-state index is -3.02. The van der Waals surface area contributed by atoms with E-state index in [-0.39, 0.29) is 11.3 Å². The molecule has 6 saturated carbocycles. The van der Waals surface area contributed by atoms with Gasteiger partial charge >= 0.3 is 5.97 Å². The molecule has 234 valence electrons. The minimum absolute atomic E-state index is 0.0993. The van der Waals surface area contributed by atoms with Gasteiger partial charge in [-0.25, -0.2) is 0 Å². The van der Waals surface area contributed by atoms with Crippen molar-refractivity contribution < 1.29 is 43.7 Å². The van der Waals surface area contributed by atoms with Crippen molar-refractivity contribution in [1.29, 1.82) is 0 Å². The third kappa shape index (κ3) is 3.68. The molecule has 4 bridgehead atoms. The van der Waals surface area contributed by atoms with Crippen molar-refractivity contribution in [3.05, 3.63) is 29.3 Å². The Hall–Kier alpha value is -3.44. The third-order valence-corrected chi connectivity index (χ3v) is 12.0. The predicted octanol–water partition coefficient (Wildman–Crippen LogP) is 1.17. The number of likely N-dealkylation sites (N-methyl/N-ethyl adjacent to an activating group) is 1. The summed E-state index contributed by atoms with van der Waals surface area (Å²) in [4.78, 5) is 84.5. The molecule has 0 aromatic heterocycles. The minimum Gasteiger partial charge on any atom is -0.507 e. The standard InChI is InChI=1S/C33H38N2O9/c1-13-17-5-4-6-18(36)20(17)25(37)21-19(13)27(44-31(42)32-10-14-7-15(11-32)9-16(8-14)12-32)23-24(35(2)3)26(38)22(30(34)41)29(40)33(23,43)28(21)39/h4-6,13-16,19,21-24,27,36,43H,7-12H2,1-3H3,(H2,34,41)/t13-,14?,15?,16?,19+,21?,22?,23+,24-,27-,32?,33-/m0/s1. The van der Waals surface area contributed by atoms with Gasteiger partial charge in [0.25, 0.3) is 0 Å². The number of amides is 1. The molecule has 1 amide bonds. The number of rotatable bonds is 4. The monoisotopic (exact) mass is 606 g/mol. The second-order valence-electron chi connectivity index (χ2n) is 14.7. The number of nitrogens with two attached hydrogens (primary N) is 1. The van der Waals surface area contributed by atoms with Crippen LogP contribution in [0.3, 0.4) is 0 Å². The molecule has 7 aliphatic rings. The van der Waals surface area contributed by atoms with Crippen LogP contribution in [0.4, 0.5) is 0 Å². The van der Waals surface area contributed by atoms with Gasteiger partial charge in [-0.1, -0.05) is 19.1 Å². The first-order valence-corrected chi connectivity index (χ1v) is 15.6. The Labute approximate surface area is 254 Å². The fourth-order valence-electron chi connectivity index (χ4n) is 10.7. The second-order valence-corrected chi connectivity index (χ2v) is 14.7. The number of aliphatic hydroxyl groups is 1. The van der Waals surface area contributed by atoms with E-state index in [1.54, 1.807) is 19.1 Å². The van der Waals surface area contributed by atoms with E-state index in [1.165, 1.54) is 25.1 Å². The highest BCUT2D eigenvalue weighted by Crippen LogP contribution is 2.62. The van der Waals surface area contributed by atoms with Crippen molar-refractivity contribution in [2.75, 3.05) is 14.1 Å². The van der Waals surface area contributed by atoms with Crippen molar-refractivity contribution in [2.45, 2.75) is 69.1 Å². The van der Waals surface area contributed by atoms with E-state index in [0.29, 0.717) is 42.6 Å². The first-order chi connectivity index (χ1) is 20.7. The van der Waals surface area contributed by atoms with Gasteiger partial charge in [0.2, 0.25) is 5.91 Å². The number of phenols is 1. The van der Waals surface area contributed by atoms with Crippen molar-refractivity contribution in [1.82, 2.24) is 4.90 Å². The van der Waals surface area contributed by atoms with Crippen LogP contribution in [0, 0.1) is 46.8 Å². The van der Waals surface area contributed by atoms with Gasteiger partial charge in [0, 0.05) is 5.92 Å². The molecule has 8 rings (SSSR count). The number of hydrogen-bond acceptors (Lipinski definition) is 10. The summed E-state index contributed by atoms with van der Waals surface area (Å²) in [5, 5.41) is 23.0. The van der Waals surface area contributed by atoms with E-state index in [2.05, 4.69) is 0 Å². The highest BCUT2D eigenvalue weighted by Gasteiger charge is 2.74. The normalized spacial score (nSPS) is 43.8. The molecule has 0 spiro atoms. The molecular weight excluding hydrogens is 568 g/mol. The molecule has 1 aromatic carbocycles. The molecule has 0 heterocycles. The quantitative estimate of drug-likeness (QED) is 0.332. The number of phenolic OH excluding ortho intramolecular Hbond substituents is 1. The SMILES string of the molecule is C[C@H]1c2cccc(O)c2C(=O)C2C(=O)[C@]3(O)C(=O)C(C(N)=O)C(=O)[C@@H](N(C)C)[C@@H]3[C@@H](OC(=O)C34CC5CC(CC(C5)C3)C4)[C@@H]21. The second kappa shape index (κ2) is 9.53. The largest absolute Gasteiger partial charge is 0.507 e. The van der Waals surface area contributed by atoms with Gasteiger partial charge in [-0.2, -0.15) is 0 Å². The maximum atomic E-state index is 14.4. The summed E-state index contributed by atoms with van der Waals surface area (Å²) in [6.07, 6.45) is 3.80. The van der Waals surface area contributed by atoms with Gasteiger partial charge < -0.3 is 20.7 Å². The molecule has 2 unspecified atom stereocenters. The first-order valence-electron chi connectivity index (χ1n) is 15.6. The molecule has 11 heteroatoms. The topological polar surface area (TPSA) is 181 Å². The van der Waals surface area contributed by atoms with E-state index in [1.807, 2.05) is 0 Å². The summed E-state index contributed by atoms with van der Waals surface area (Å²) in [7, 11) is 3.02. The lowest BCUT2D eigenvalue weighted by atomic mass is 9.48. The number of hydrogen-bond donors (Lipinski definition) is 3. The summed E-state index contributed by atoms with van der Waals surface area (Å²) >= 11 is 0. The van der Waals surface area contributed by atoms with E-state index < -0.39 is 87.8 Å². The number of carbonyl (C=O) groups is 6. The molecule has 4 N–H and O–H groups in total. The molecule has 11 nitrogen and oxygen atoms in total. The van der Waals surface area contributed by atoms with Crippen molar-refractivity contribution in [3.8, 4) is 5.75 Å². The Morgan fingerprint density at radius 3 is 2.11 bits per heavy atom. The summed E-state index contributed by atoms with van der Waals surface area (Å²) in [6.45, 7) is 1.74. The Kier molecular flexibility index (Phi) is 6.34. The molecule has 0 radical (unpaired) electrons. The smallest absolute Gasteiger partial charge is 0.312 e. The average molecular weight is 607 g/mol. The van der Waals surface area contributed by atoms with Gasteiger partial charge in [-0.15, -0.1) is 0 Å². The van der Waals surface area contributed by atoms with Crippen molar-refractivity contribution in [2.24, 2.45) is 52.6 Å². The van der Waals surface area contributed by atoms with Crippen LogP contribution < -0.4 is 5.73 Å². The zero-order chi connectivity index (χ0) is 31.6. The third-order valence-electron chi connectivity index (χ3n) is 12.0. The Bertz CT molecular complexity index is 1500. The van der Waals surface area contributed by atoms with Crippen LogP contribution in [-0.2, 0) is 28.7 Å². The summed E-state index contributed by atoms with van der Waals surface area (Å²) < 4.78 is 6.45. The van der Waals surface area contributed by atoms with Gasteiger partial charge in [0.1, 0.15) is 11.9 Å². The molecule has 6 fully saturated rings. The average Bonchev–Trinajstić information content (AvgIpc) is 2.93. The van der Waals surface area contributed by atoms with Crippen LogP contribution in [0.1, 0.15) is 67.3 Å². The van der Waals surface area contributed by atoms with Crippen LogP contribution in [0.5, 0.6) is 5.75 Å². The van der Waals surface area contributed by atoms with Crippen molar-refractivity contribution >= 4 is 35.0 Å². The maximum absolute atomic E-state index is 14.4. The molecule has 8 atom stereocenters. The highest BCUT2D eigenvalue weighted by molar-refractivity contribution is 6.32. The number of aromatic hydroxyl groups is 1. The fourth-order valence-corrected chi connectivity index (χ4v) is 10.7. The molecule has 1 aromatic rings. The van der Waals surface area contributed by atoms with E-state index in [4.69, 9.17) is 10.5 Å². The number of carbonyl (C=O) groups excluding carboxylic acids is 6. The number of esters is 1. The van der Waals surface area contributed by atoms with Crippen LogP contribution in [-0.4, -0.2) is 82.0 Å². The Morgan fingerprint density at radius 2 is 1.57 bits per heavy atom. The Balaban J connectivity index is 1.41. The van der Waals surface area contributed by atoms with Crippen molar-refractivity contribution in [3.63, 3.8) is 0 Å².